The number of benzene rings is 3. The Hall–Kier alpha value is -4.10. The van der Waals surface area contributed by atoms with E-state index in [1.54, 1.807) is 14.2 Å². The van der Waals surface area contributed by atoms with Crippen LogP contribution in [0.2, 0.25) is 0 Å². The standard InChI is InChI=1S/C30H34N4O3/c1-5-34(6-2)19-20-37-27-17-11-24(12-18-27)31-30-32-28(22-7-13-25(35-3)14-8-22)21-29(33-30)23-9-15-26(36-4)16-10-23/h7-18,21H,5-6,19-20H2,1-4H3,(H,31,32,33). The molecular weight excluding hydrogens is 464 g/mol. The van der Waals surface area contributed by atoms with Crippen LogP contribution in [-0.4, -0.2) is 55.3 Å². The summed E-state index contributed by atoms with van der Waals surface area (Å²) in [6.45, 7) is 7.94. The molecule has 0 aliphatic rings. The van der Waals surface area contributed by atoms with Gasteiger partial charge in [0.2, 0.25) is 5.95 Å². The normalized spacial score (nSPS) is 10.8. The molecule has 0 amide bonds. The smallest absolute Gasteiger partial charge is 0.228 e. The Morgan fingerprint density at radius 3 is 1.62 bits per heavy atom. The molecule has 37 heavy (non-hydrogen) atoms. The number of hydrogen-bond acceptors (Lipinski definition) is 7. The molecule has 0 saturated heterocycles. The Morgan fingerprint density at radius 2 is 1.16 bits per heavy atom. The van der Waals surface area contributed by atoms with E-state index in [4.69, 9.17) is 24.2 Å². The second-order valence-electron chi connectivity index (χ2n) is 8.44. The first kappa shape index (κ1) is 26.0. The zero-order valence-electron chi connectivity index (χ0n) is 21.9. The van der Waals surface area contributed by atoms with E-state index in [9.17, 15) is 0 Å². The largest absolute Gasteiger partial charge is 0.497 e. The van der Waals surface area contributed by atoms with Crippen LogP contribution >= 0.6 is 0 Å². The summed E-state index contributed by atoms with van der Waals surface area (Å²) in [5.74, 6) is 2.94. The van der Waals surface area contributed by atoms with Gasteiger partial charge in [-0.05, 0) is 92.0 Å². The zero-order chi connectivity index (χ0) is 26.0. The van der Waals surface area contributed by atoms with Crippen LogP contribution in [0.3, 0.4) is 0 Å². The Labute approximate surface area is 219 Å². The highest BCUT2D eigenvalue weighted by Gasteiger charge is 2.10. The van der Waals surface area contributed by atoms with E-state index < -0.39 is 0 Å². The Bertz CT molecular complexity index is 1190. The number of nitrogens with zero attached hydrogens (tertiary/aromatic N) is 3. The van der Waals surface area contributed by atoms with E-state index in [0.717, 1.165) is 65.1 Å². The van der Waals surface area contributed by atoms with Gasteiger partial charge in [0.15, 0.2) is 0 Å². The minimum Gasteiger partial charge on any atom is -0.497 e. The summed E-state index contributed by atoms with van der Waals surface area (Å²) in [6.07, 6.45) is 0. The van der Waals surface area contributed by atoms with Crippen LogP contribution in [0.5, 0.6) is 17.2 Å². The number of likely N-dealkylation sites (N-methyl/N-ethyl adjacent to an activating group) is 1. The third-order valence-electron chi connectivity index (χ3n) is 6.18. The molecule has 0 radical (unpaired) electrons. The molecule has 7 nitrogen and oxygen atoms in total. The molecule has 7 heteroatoms. The summed E-state index contributed by atoms with van der Waals surface area (Å²) in [5, 5.41) is 3.35. The SMILES string of the molecule is CCN(CC)CCOc1ccc(Nc2nc(-c3ccc(OC)cc3)cc(-c3ccc(OC)cc3)n2)cc1. The zero-order valence-corrected chi connectivity index (χ0v) is 21.9. The van der Waals surface area contributed by atoms with Crippen molar-refractivity contribution in [3.8, 4) is 39.8 Å². The van der Waals surface area contributed by atoms with Gasteiger partial charge >= 0.3 is 0 Å². The summed E-state index contributed by atoms with van der Waals surface area (Å²) in [4.78, 5) is 11.9. The first-order valence-corrected chi connectivity index (χ1v) is 12.5. The van der Waals surface area contributed by atoms with Crippen molar-refractivity contribution in [1.29, 1.82) is 0 Å². The molecule has 0 unspecified atom stereocenters. The monoisotopic (exact) mass is 498 g/mol. The van der Waals surface area contributed by atoms with Crippen molar-refractivity contribution in [3.63, 3.8) is 0 Å². The molecule has 4 rings (SSSR count). The van der Waals surface area contributed by atoms with Gasteiger partial charge in [-0.3, -0.25) is 0 Å². The van der Waals surface area contributed by atoms with Crippen molar-refractivity contribution in [2.75, 3.05) is 45.8 Å². The summed E-state index contributed by atoms with van der Waals surface area (Å²) in [6, 6.07) is 25.5. The number of nitrogens with one attached hydrogen (secondary N) is 1. The van der Waals surface area contributed by atoms with E-state index in [-0.39, 0.29) is 0 Å². The van der Waals surface area contributed by atoms with Gasteiger partial charge in [-0.25, -0.2) is 9.97 Å². The highest BCUT2D eigenvalue weighted by molar-refractivity contribution is 5.71. The summed E-state index contributed by atoms with van der Waals surface area (Å²) in [7, 11) is 3.32. The van der Waals surface area contributed by atoms with Crippen molar-refractivity contribution in [3.05, 3.63) is 78.9 Å². The number of rotatable bonds is 12. The average Bonchev–Trinajstić information content (AvgIpc) is 2.96. The molecule has 0 fully saturated rings. The van der Waals surface area contributed by atoms with Crippen LogP contribution in [0.25, 0.3) is 22.5 Å². The molecule has 1 heterocycles. The second-order valence-corrected chi connectivity index (χ2v) is 8.44. The van der Waals surface area contributed by atoms with Crippen molar-refractivity contribution >= 4 is 11.6 Å². The van der Waals surface area contributed by atoms with Gasteiger partial charge in [0.1, 0.15) is 23.9 Å². The lowest BCUT2D eigenvalue weighted by Gasteiger charge is -2.18. The molecule has 3 aromatic carbocycles. The van der Waals surface area contributed by atoms with Crippen molar-refractivity contribution in [2.24, 2.45) is 0 Å². The van der Waals surface area contributed by atoms with Gasteiger partial charge in [-0.1, -0.05) is 13.8 Å². The fraction of sp³-hybridized carbons (Fsp3) is 0.267. The quantitative estimate of drug-likeness (QED) is 0.246. The van der Waals surface area contributed by atoms with E-state index >= 15 is 0 Å². The topological polar surface area (TPSA) is 68.7 Å². The molecular formula is C30H34N4O3. The first-order chi connectivity index (χ1) is 18.1. The number of methoxy groups -OCH3 is 2. The van der Waals surface area contributed by atoms with E-state index in [1.807, 2.05) is 78.9 Å². The molecule has 0 spiro atoms. The minimum absolute atomic E-state index is 0.509. The van der Waals surface area contributed by atoms with Crippen LogP contribution in [0.4, 0.5) is 11.6 Å². The average molecular weight is 499 g/mol. The fourth-order valence-corrected chi connectivity index (χ4v) is 3.92. The lowest BCUT2D eigenvalue weighted by atomic mass is 10.1. The third-order valence-corrected chi connectivity index (χ3v) is 6.18. The highest BCUT2D eigenvalue weighted by atomic mass is 16.5. The fourth-order valence-electron chi connectivity index (χ4n) is 3.92. The maximum Gasteiger partial charge on any atom is 0.228 e. The predicted octanol–water partition coefficient (Wildman–Crippen LogP) is 6.29. The second kappa shape index (κ2) is 12.7. The molecule has 0 bridgehead atoms. The van der Waals surface area contributed by atoms with E-state index in [0.29, 0.717) is 12.6 Å². The van der Waals surface area contributed by atoms with E-state index in [1.165, 1.54) is 0 Å². The third kappa shape index (κ3) is 6.98. The summed E-state index contributed by atoms with van der Waals surface area (Å²) < 4.78 is 16.5. The van der Waals surface area contributed by atoms with Gasteiger partial charge in [-0.15, -0.1) is 0 Å². The number of aromatic nitrogens is 2. The van der Waals surface area contributed by atoms with Crippen LogP contribution in [0.15, 0.2) is 78.9 Å². The number of hydrogen-bond donors (Lipinski definition) is 1. The summed E-state index contributed by atoms with van der Waals surface area (Å²) >= 11 is 0. The molecule has 0 aliphatic carbocycles. The highest BCUT2D eigenvalue weighted by Crippen LogP contribution is 2.29. The lowest BCUT2D eigenvalue weighted by molar-refractivity contribution is 0.223. The molecule has 4 aromatic rings. The Morgan fingerprint density at radius 1 is 0.676 bits per heavy atom. The lowest BCUT2D eigenvalue weighted by Crippen LogP contribution is -2.27. The molecule has 192 valence electrons. The molecule has 0 saturated carbocycles. The van der Waals surface area contributed by atoms with E-state index in [2.05, 4.69) is 24.1 Å². The van der Waals surface area contributed by atoms with Gasteiger partial charge < -0.3 is 24.4 Å². The number of anilines is 2. The number of ether oxygens (including phenoxy) is 3. The predicted molar refractivity (Wildman–Crippen MR) is 149 cm³/mol. The van der Waals surface area contributed by atoms with Gasteiger partial charge in [0.05, 0.1) is 25.6 Å². The molecule has 1 N–H and O–H groups in total. The minimum atomic E-state index is 0.509. The van der Waals surface area contributed by atoms with Gasteiger partial charge in [0, 0.05) is 23.4 Å². The summed E-state index contributed by atoms with van der Waals surface area (Å²) in [5.41, 5.74) is 4.43. The Balaban J connectivity index is 1.56. The Kier molecular flexibility index (Phi) is 8.94. The van der Waals surface area contributed by atoms with Gasteiger partial charge in [-0.2, -0.15) is 0 Å². The van der Waals surface area contributed by atoms with Crippen molar-refractivity contribution in [1.82, 2.24) is 14.9 Å². The molecule has 1 aromatic heterocycles. The van der Waals surface area contributed by atoms with Crippen LogP contribution < -0.4 is 19.5 Å². The van der Waals surface area contributed by atoms with Crippen LogP contribution in [-0.2, 0) is 0 Å². The molecule has 0 atom stereocenters. The maximum absolute atomic E-state index is 5.92. The van der Waals surface area contributed by atoms with Gasteiger partial charge in [0.25, 0.3) is 0 Å². The van der Waals surface area contributed by atoms with Crippen LogP contribution in [0.1, 0.15) is 13.8 Å². The van der Waals surface area contributed by atoms with Crippen molar-refractivity contribution in [2.45, 2.75) is 13.8 Å². The maximum atomic E-state index is 5.92. The van der Waals surface area contributed by atoms with Crippen molar-refractivity contribution < 1.29 is 14.2 Å². The van der Waals surface area contributed by atoms with Crippen LogP contribution in [0, 0.1) is 0 Å². The molecule has 0 aliphatic heterocycles. The first-order valence-electron chi connectivity index (χ1n) is 12.5.